The van der Waals surface area contributed by atoms with Crippen LogP contribution in [0.4, 0.5) is 13.2 Å². The number of carbonyl (C=O) groups excluding carboxylic acids is 1. The Morgan fingerprint density at radius 2 is 1.96 bits per heavy atom. The van der Waals surface area contributed by atoms with Crippen LogP contribution in [0, 0.1) is 0 Å². The van der Waals surface area contributed by atoms with Crippen LogP contribution in [0.2, 0.25) is 0 Å². The van der Waals surface area contributed by atoms with E-state index < -0.39 is 29.5 Å². The van der Waals surface area contributed by atoms with Crippen LogP contribution in [0.3, 0.4) is 0 Å². The summed E-state index contributed by atoms with van der Waals surface area (Å²) in [5.41, 5.74) is -1.03. The molecule has 0 atom stereocenters. The van der Waals surface area contributed by atoms with Crippen molar-refractivity contribution in [3.63, 3.8) is 0 Å². The molecule has 0 aromatic heterocycles. The predicted octanol–water partition coefficient (Wildman–Crippen LogP) is 2.34. The number of carboxylic acid groups (broad SMARTS) is 1. The molecule has 1 amide bonds. The largest absolute Gasteiger partial charge is 0.573 e. The lowest BCUT2D eigenvalue weighted by Gasteiger charge is -2.36. The summed E-state index contributed by atoms with van der Waals surface area (Å²) in [5, 5.41) is 11.7. The van der Waals surface area contributed by atoms with Crippen molar-refractivity contribution in [1.82, 2.24) is 5.32 Å². The van der Waals surface area contributed by atoms with Crippen molar-refractivity contribution in [2.24, 2.45) is 0 Å². The number of carboxylic acids is 1. The van der Waals surface area contributed by atoms with Gasteiger partial charge in [0.25, 0.3) is 5.91 Å². The predicted molar refractivity (Wildman–Crippen MR) is 75.6 cm³/mol. The van der Waals surface area contributed by atoms with E-state index in [4.69, 9.17) is 9.84 Å². The van der Waals surface area contributed by atoms with Crippen LogP contribution >= 0.6 is 0 Å². The third-order valence-corrected chi connectivity index (χ3v) is 3.65. The van der Waals surface area contributed by atoms with E-state index in [9.17, 15) is 22.8 Å². The Morgan fingerprint density at radius 3 is 2.54 bits per heavy atom. The first kappa shape index (κ1) is 18.1. The topological polar surface area (TPSA) is 84.9 Å². The van der Waals surface area contributed by atoms with Crippen LogP contribution in [0.5, 0.6) is 5.75 Å². The minimum Gasteiger partial charge on any atom is -0.481 e. The summed E-state index contributed by atoms with van der Waals surface area (Å²) >= 11 is 0. The fraction of sp³-hybridized carbons (Fsp3) is 0.467. The number of rotatable bonds is 5. The minimum atomic E-state index is -4.86. The molecule has 1 aliphatic heterocycles. The normalized spacial score (nSPS) is 17.1. The Labute approximate surface area is 135 Å². The molecule has 1 heterocycles. The molecule has 1 fully saturated rings. The molecule has 9 heteroatoms. The summed E-state index contributed by atoms with van der Waals surface area (Å²) in [6.07, 6.45) is -4.53. The standard InChI is InChI=1S/C15H16F3NO5/c16-15(17,18)24-11-3-1-2-10(8-11)13(22)19-14(9-12(20)21)4-6-23-7-5-14/h1-3,8H,4-7,9H2,(H,19,22)(H,20,21). The molecule has 1 aromatic carbocycles. The van der Waals surface area contributed by atoms with Gasteiger partial charge in [0.15, 0.2) is 0 Å². The second-order valence-corrected chi connectivity index (χ2v) is 5.49. The van der Waals surface area contributed by atoms with Crippen molar-refractivity contribution in [2.45, 2.75) is 31.2 Å². The van der Waals surface area contributed by atoms with Crippen LogP contribution < -0.4 is 10.1 Å². The van der Waals surface area contributed by atoms with Crippen molar-refractivity contribution >= 4 is 11.9 Å². The Balaban J connectivity index is 2.15. The first-order chi connectivity index (χ1) is 11.2. The lowest BCUT2D eigenvalue weighted by Crippen LogP contribution is -2.53. The number of nitrogens with one attached hydrogen (secondary N) is 1. The number of ether oxygens (including phenoxy) is 2. The monoisotopic (exact) mass is 347 g/mol. The molecule has 132 valence electrons. The van der Waals surface area contributed by atoms with E-state index in [1.54, 1.807) is 0 Å². The van der Waals surface area contributed by atoms with Gasteiger partial charge < -0.3 is 19.9 Å². The Kier molecular flexibility index (Phi) is 5.33. The number of aliphatic carboxylic acids is 1. The summed E-state index contributed by atoms with van der Waals surface area (Å²) in [6.45, 7) is 0.593. The summed E-state index contributed by atoms with van der Waals surface area (Å²) in [4.78, 5) is 23.4. The molecule has 2 rings (SSSR count). The zero-order valence-electron chi connectivity index (χ0n) is 12.6. The number of carbonyl (C=O) groups is 2. The molecule has 1 aromatic rings. The molecule has 0 saturated carbocycles. The van der Waals surface area contributed by atoms with Crippen molar-refractivity contribution < 1.29 is 37.3 Å². The molecular formula is C15H16F3NO5. The first-order valence-electron chi connectivity index (χ1n) is 7.17. The first-order valence-corrected chi connectivity index (χ1v) is 7.17. The molecule has 1 saturated heterocycles. The van der Waals surface area contributed by atoms with Gasteiger partial charge in [-0.3, -0.25) is 9.59 Å². The van der Waals surface area contributed by atoms with E-state index >= 15 is 0 Å². The van der Waals surface area contributed by atoms with Gasteiger partial charge in [-0.05, 0) is 31.0 Å². The molecule has 1 aliphatic rings. The van der Waals surface area contributed by atoms with Crippen molar-refractivity contribution in [3.05, 3.63) is 29.8 Å². The highest BCUT2D eigenvalue weighted by Crippen LogP contribution is 2.27. The molecular weight excluding hydrogens is 331 g/mol. The van der Waals surface area contributed by atoms with Gasteiger partial charge >= 0.3 is 12.3 Å². The fourth-order valence-electron chi connectivity index (χ4n) is 2.55. The number of halogens is 3. The summed E-state index contributed by atoms with van der Waals surface area (Å²) in [6, 6.07) is 4.61. The van der Waals surface area contributed by atoms with Crippen LogP contribution in [-0.4, -0.2) is 42.1 Å². The average Bonchev–Trinajstić information content (AvgIpc) is 2.45. The Bertz CT molecular complexity index is 611. The van der Waals surface area contributed by atoms with Crippen molar-refractivity contribution in [1.29, 1.82) is 0 Å². The maximum atomic E-state index is 12.3. The number of hydrogen-bond acceptors (Lipinski definition) is 4. The van der Waals surface area contributed by atoms with Crippen LogP contribution in [0.15, 0.2) is 24.3 Å². The van der Waals surface area contributed by atoms with E-state index in [0.29, 0.717) is 26.1 Å². The maximum absolute atomic E-state index is 12.3. The molecule has 2 N–H and O–H groups in total. The zero-order chi connectivity index (χ0) is 17.8. The van der Waals surface area contributed by atoms with Gasteiger partial charge in [-0.25, -0.2) is 0 Å². The highest BCUT2D eigenvalue weighted by Gasteiger charge is 2.37. The lowest BCUT2D eigenvalue weighted by molar-refractivity contribution is -0.274. The fourth-order valence-corrected chi connectivity index (χ4v) is 2.55. The van der Waals surface area contributed by atoms with E-state index in [-0.39, 0.29) is 12.0 Å². The Morgan fingerprint density at radius 1 is 1.29 bits per heavy atom. The number of alkyl halides is 3. The second kappa shape index (κ2) is 7.08. The van der Waals surface area contributed by atoms with Gasteiger partial charge in [-0.15, -0.1) is 13.2 Å². The molecule has 0 aliphatic carbocycles. The van der Waals surface area contributed by atoms with E-state index in [2.05, 4.69) is 10.1 Å². The summed E-state index contributed by atoms with van der Waals surface area (Å²) in [7, 11) is 0. The molecule has 0 spiro atoms. The second-order valence-electron chi connectivity index (χ2n) is 5.49. The third kappa shape index (κ3) is 5.12. The molecule has 0 unspecified atom stereocenters. The van der Waals surface area contributed by atoms with Crippen LogP contribution in [-0.2, 0) is 9.53 Å². The lowest BCUT2D eigenvalue weighted by atomic mass is 9.86. The van der Waals surface area contributed by atoms with Gasteiger partial charge in [-0.1, -0.05) is 6.07 Å². The van der Waals surface area contributed by atoms with Crippen LogP contribution in [0.1, 0.15) is 29.6 Å². The molecule has 0 radical (unpaired) electrons. The van der Waals surface area contributed by atoms with Crippen LogP contribution in [0.25, 0.3) is 0 Å². The SMILES string of the molecule is O=C(O)CC1(NC(=O)c2cccc(OC(F)(F)F)c2)CCOCC1. The Hall–Kier alpha value is -2.29. The smallest absolute Gasteiger partial charge is 0.481 e. The zero-order valence-corrected chi connectivity index (χ0v) is 12.6. The number of benzene rings is 1. The summed E-state index contributed by atoms with van der Waals surface area (Å²) < 4.78 is 45.7. The minimum absolute atomic E-state index is 0.0481. The maximum Gasteiger partial charge on any atom is 0.573 e. The number of hydrogen-bond donors (Lipinski definition) is 2. The van der Waals surface area contributed by atoms with E-state index in [1.165, 1.54) is 12.1 Å². The summed E-state index contributed by atoms with van der Waals surface area (Å²) in [5.74, 6) is -2.26. The van der Waals surface area contributed by atoms with Crippen molar-refractivity contribution in [2.75, 3.05) is 13.2 Å². The van der Waals surface area contributed by atoms with Crippen molar-refractivity contribution in [3.8, 4) is 5.75 Å². The van der Waals surface area contributed by atoms with Gasteiger partial charge in [0.1, 0.15) is 5.75 Å². The number of amides is 1. The third-order valence-electron chi connectivity index (χ3n) is 3.65. The highest BCUT2D eigenvalue weighted by atomic mass is 19.4. The molecule has 24 heavy (non-hydrogen) atoms. The molecule has 0 bridgehead atoms. The van der Waals surface area contributed by atoms with E-state index in [1.807, 2.05) is 0 Å². The molecule has 6 nitrogen and oxygen atoms in total. The average molecular weight is 347 g/mol. The van der Waals surface area contributed by atoms with Gasteiger partial charge in [0, 0.05) is 18.8 Å². The van der Waals surface area contributed by atoms with E-state index in [0.717, 1.165) is 12.1 Å². The van der Waals surface area contributed by atoms with Gasteiger partial charge in [0.05, 0.1) is 12.0 Å². The highest BCUT2D eigenvalue weighted by molar-refractivity contribution is 5.95. The van der Waals surface area contributed by atoms with Gasteiger partial charge in [-0.2, -0.15) is 0 Å². The quantitative estimate of drug-likeness (QED) is 0.854. The van der Waals surface area contributed by atoms with Gasteiger partial charge in [0.2, 0.25) is 0 Å².